The lowest BCUT2D eigenvalue weighted by atomic mass is 10.1. The van der Waals surface area contributed by atoms with Crippen molar-refractivity contribution in [1.82, 2.24) is 24.5 Å². The number of nitrogens with one attached hydrogen (secondary N) is 1. The third-order valence-electron chi connectivity index (χ3n) is 4.63. The van der Waals surface area contributed by atoms with Gasteiger partial charge in [0, 0.05) is 19.7 Å². The van der Waals surface area contributed by atoms with Crippen LogP contribution >= 0.6 is 11.8 Å². The largest absolute Gasteiger partial charge is 0.322 e. The molecule has 3 rings (SSSR count). The maximum Gasteiger partial charge on any atom is 0.237 e. The monoisotopic (exact) mass is 384 g/mol. The van der Waals surface area contributed by atoms with Crippen LogP contribution in [-0.2, 0) is 18.9 Å². The van der Waals surface area contributed by atoms with Crippen molar-refractivity contribution in [3.05, 3.63) is 41.2 Å². The number of anilines is 1. The van der Waals surface area contributed by atoms with Gasteiger partial charge < -0.3 is 9.88 Å². The molecule has 0 aliphatic rings. The molecule has 8 heteroatoms. The van der Waals surface area contributed by atoms with Crippen LogP contribution in [0.2, 0.25) is 0 Å². The number of hydrogen-bond donors (Lipinski definition) is 1. The average molecular weight is 385 g/mol. The van der Waals surface area contributed by atoms with Gasteiger partial charge in [-0.15, -0.1) is 10.2 Å². The topological polar surface area (TPSA) is 77.6 Å². The van der Waals surface area contributed by atoms with Crippen LogP contribution in [0.4, 0.5) is 5.69 Å². The van der Waals surface area contributed by atoms with Gasteiger partial charge in [-0.2, -0.15) is 5.10 Å². The Balaban J connectivity index is 1.76. The molecular formula is C19H24N6OS. The van der Waals surface area contributed by atoms with E-state index in [9.17, 15) is 4.79 Å². The van der Waals surface area contributed by atoms with E-state index in [0.717, 1.165) is 34.0 Å². The van der Waals surface area contributed by atoms with Crippen LogP contribution < -0.4 is 5.32 Å². The minimum atomic E-state index is -0.323. The van der Waals surface area contributed by atoms with Crippen LogP contribution in [0.3, 0.4) is 0 Å². The maximum absolute atomic E-state index is 12.6. The van der Waals surface area contributed by atoms with Gasteiger partial charge >= 0.3 is 0 Å². The highest BCUT2D eigenvalue weighted by Crippen LogP contribution is 2.28. The van der Waals surface area contributed by atoms with Gasteiger partial charge in [-0.05, 0) is 33.3 Å². The van der Waals surface area contributed by atoms with Crippen molar-refractivity contribution in [3.8, 4) is 11.4 Å². The first-order chi connectivity index (χ1) is 12.8. The number of carbonyl (C=O) groups is 1. The van der Waals surface area contributed by atoms with E-state index in [0.29, 0.717) is 5.16 Å². The Labute approximate surface area is 163 Å². The van der Waals surface area contributed by atoms with Crippen LogP contribution in [0.1, 0.15) is 23.9 Å². The summed E-state index contributed by atoms with van der Waals surface area (Å²) in [6.07, 6.45) is 0. The van der Waals surface area contributed by atoms with Gasteiger partial charge in [-0.25, -0.2) is 0 Å². The number of aromatic nitrogens is 5. The summed E-state index contributed by atoms with van der Waals surface area (Å²) in [6.45, 7) is 7.73. The zero-order chi connectivity index (χ0) is 19.7. The van der Waals surface area contributed by atoms with Crippen molar-refractivity contribution in [1.29, 1.82) is 0 Å². The quantitative estimate of drug-likeness (QED) is 0.683. The van der Waals surface area contributed by atoms with E-state index in [-0.39, 0.29) is 11.2 Å². The first-order valence-electron chi connectivity index (χ1n) is 8.72. The second-order valence-corrected chi connectivity index (χ2v) is 7.91. The molecule has 7 nitrogen and oxygen atoms in total. The van der Waals surface area contributed by atoms with Crippen LogP contribution in [0.25, 0.3) is 11.4 Å². The predicted molar refractivity (Wildman–Crippen MR) is 108 cm³/mol. The zero-order valence-electron chi connectivity index (χ0n) is 16.4. The van der Waals surface area contributed by atoms with Crippen molar-refractivity contribution in [2.75, 3.05) is 5.32 Å². The van der Waals surface area contributed by atoms with Crippen LogP contribution in [-0.4, -0.2) is 35.7 Å². The smallest absolute Gasteiger partial charge is 0.237 e. The second kappa shape index (κ2) is 7.56. The van der Waals surface area contributed by atoms with E-state index < -0.39 is 0 Å². The molecule has 1 amide bonds. The van der Waals surface area contributed by atoms with Gasteiger partial charge in [0.25, 0.3) is 0 Å². The van der Waals surface area contributed by atoms with Crippen molar-refractivity contribution in [3.63, 3.8) is 0 Å². The highest BCUT2D eigenvalue weighted by Gasteiger charge is 2.22. The Kier molecular flexibility index (Phi) is 5.36. The first kappa shape index (κ1) is 19.2. The summed E-state index contributed by atoms with van der Waals surface area (Å²) < 4.78 is 3.69. The Morgan fingerprint density at radius 1 is 1.15 bits per heavy atom. The molecule has 0 bridgehead atoms. The molecule has 0 unspecified atom stereocenters. The highest BCUT2D eigenvalue weighted by molar-refractivity contribution is 8.00. The van der Waals surface area contributed by atoms with Crippen molar-refractivity contribution < 1.29 is 4.79 Å². The molecule has 0 spiro atoms. The van der Waals surface area contributed by atoms with Gasteiger partial charge in [-0.1, -0.05) is 36.0 Å². The molecule has 0 saturated carbocycles. The molecule has 0 saturated heterocycles. The Bertz CT molecular complexity index is 990. The number of hydrogen-bond acceptors (Lipinski definition) is 5. The molecule has 1 aromatic carbocycles. The number of thioether (sulfide) groups is 1. The Morgan fingerprint density at radius 2 is 1.85 bits per heavy atom. The molecule has 0 aliphatic carbocycles. The summed E-state index contributed by atoms with van der Waals surface area (Å²) in [6, 6.07) is 8.06. The number of benzene rings is 1. The molecule has 2 aromatic heterocycles. The number of carbonyl (C=O) groups excluding carboxylic acids is 1. The Hall–Kier alpha value is -2.61. The van der Waals surface area contributed by atoms with E-state index >= 15 is 0 Å². The molecule has 0 aliphatic heterocycles. The van der Waals surface area contributed by atoms with Crippen molar-refractivity contribution >= 4 is 23.4 Å². The number of rotatable bonds is 5. The van der Waals surface area contributed by atoms with Crippen molar-refractivity contribution in [2.24, 2.45) is 14.1 Å². The second-order valence-electron chi connectivity index (χ2n) is 6.60. The SMILES string of the molecule is Cc1ccccc1-c1nnc(S[C@H](C)C(=O)Nc2c(C)nn(C)c2C)n1C. The first-order valence-corrected chi connectivity index (χ1v) is 9.60. The summed E-state index contributed by atoms with van der Waals surface area (Å²) in [7, 11) is 3.78. The highest BCUT2D eigenvalue weighted by atomic mass is 32.2. The van der Waals surface area contributed by atoms with Crippen LogP contribution in [0.5, 0.6) is 0 Å². The van der Waals surface area contributed by atoms with E-state index in [2.05, 4.69) is 20.6 Å². The van der Waals surface area contributed by atoms with Crippen LogP contribution in [0.15, 0.2) is 29.4 Å². The van der Waals surface area contributed by atoms with Crippen LogP contribution in [0, 0.1) is 20.8 Å². The van der Waals surface area contributed by atoms with E-state index in [4.69, 9.17) is 0 Å². The summed E-state index contributed by atoms with van der Waals surface area (Å²) >= 11 is 1.39. The Morgan fingerprint density at radius 3 is 2.48 bits per heavy atom. The summed E-state index contributed by atoms with van der Waals surface area (Å²) in [5.74, 6) is 0.710. The number of nitrogens with zero attached hydrogens (tertiary/aromatic N) is 5. The number of aryl methyl sites for hydroxylation is 3. The molecule has 142 valence electrons. The predicted octanol–water partition coefficient (Wildman–Crippen LogP) is 3.26. The molecule has 0 fully saturated rings. The fourth-order valence-electron chi connectivity index (χ4n) is 2.87. The lowest BCUT2D eigenvalue weighted by Crippen LogP contribution is -2.23. The van der Waals surface area contributed by atoms with Gasteiger partial charge in [0.15, 0.2) is 11.0 Å². The molecule has 2 heterocycles. The van der Waals surface area contributed by atoms with E-state index in [1.807, 2.05) is 70.6 Å². The fraction of sp³-hybridized carbons (Fsp3) is 0.368. The zero-order valence-corrected chi connectivity index (χ0v) is 17.3. The summed E-state index contributed by atoms with van der Waals surface area (Å²) in [5.41, 5.74) is 4.68. The molecule has 3 aromatic rings. The third kappa shape index (κ3) is 3.75. The van der Waals surface area contributed by atoms with E-state index in [1.54, 1.807) is 4.68 Å². The third-order valence-corrected chi connectivity index (χ3v) is 5.76. The number of amides is 1. The van der Waals surface area contributed by atoms with E-state index in [1.165, 1.54) is 11.8 Å². The molecule has 0 radical (unpaired) electrons. The average Bonchev–Trinajstić information content (AvgIpc) is 3.10. The fourth-order valence-corrected chi connectivity index (χ4v) is 3.68. The summed E-state index contributed by atoms with van der Waals surface area (Å²) in [5, 5.41) is 16.3. The molecule has 1 N–H and O–H groups in total. The molecule has 1 atom stereocenters. The normalized spacial score (nSPS) is 12.2. The molecular weight excluding hydrogens is 360 g/mol. The van der Waals surface area contributed by atoms with Gasteiger partial charge in [0.1, 0.15) is 0 Å². The minimum Gasteiger partial charge on any atom is -0.322 e. The summed E-state index contributed by atoms with van der Waals surface area (Å²) in [4.78, 5) is 12.6. The molecule has 27 heavy (non-hydrogen) atoms. The van der Waals surface area contributed by atoms with Crippen molar-refractivity contribution in [2.45, 2.75) is 38.1 Å². The standard InChI is InChI=1S/C19H24N6OS/c1-11-9-7-8-10-15(11)17-21-22-19(24(17)5)27-14(4)18(26)20-16-12(2)23-25(6)13(16)3/h7-10,14H,1-6H3,(H,20,26)/t14-/m1/s1. The van der Waals surface area contributed by atoms with Gasteiger partial charge in [-0.3, -0.25) is 9.48 Å². The lowest BCUT2D eigenvalue weighted by molar-refractivity contribution is -0.115. The van der Waals surface area contributed by atoms with Gasteiger partial charge in [0.2, 0.25) is 5.91 Å². The lowest BCUT2D eigenvalue weighted by Gasteiger charge is -2.12. The minimum absolute atomic E-state index is 0.0837. The van der Waals surface area contributed by atoms with Gasteiger partial charge in [0.05, 0.1) is 22.3 Å². The maximum atomic E-state index is 12.6.